The molecular formula is C21H16ClF3N2O4. The van der Waals surface area contributed by atoms with Crippen molar-refractivity contribution in [2.45, 2.75) is 25.1 Å². The van der Waals surface area contributed by atoms with E-state index in [0.29, 0.717) is 6.61 Å². The molecule has 0 bridgehead atoms. The van der Waals surface area contributed by atoms with Crippen LogP contribution in [0.2, 0.25) is 5.02 Å². The summed E-state index contributed by atoms with van der Waals surface area (Å²) in [5.74, 6) is -1.72. The highest BCUT2D eigenvalue weighted by atomic mass is 35.5. The molecule has 1 saturated heterocycles. The summed E-state index contributed by atoms with van der Waals surface area (Å²) in [6, 6.07) is 6.97. The van der Waals surface area contributed by atoms with E-state index in [4.69, 9.17) is 16.3 Å². The average Bonchev–Trinajstić information content (AvgIpc) is 3.31. The summed E-state index contributed by atoms with van der Waals surface area (Å²) in [7, 11) is 0. The van der Waals surface area contributed by atoms with Crippen LogP contribution in [0.15, 0.2) is 36.4 Å². The second-order valence-corrected chi connectivity index (χ2v) is 7.67. The number of amides is 3. The summed E-state index contributed by atoms with van der Waals surface area (Å²) in [6.07, 6.45) is -3.27. The maximum absolute atomic E-state index is 13.0. The number of hydrogen-bond acceptors (Lipinski definition) is 4. The number of ether oxygens (including phenoxy) is 1. The Bertz CT molecular complexity index is 1080. The molecule has 31 heavy (non-hydrogen) atoms. The van der Waals surface area contributed by atoms with Gasteiger partial charge >= 0.3 is 6.18 Å². The quantitative estimate of drug-likeness (QED) is 0.698. The third-order valence-corrected chi connectivity index (χ3v) is 5.50. The van der Waals surface area contributed by atoms with Crippen LogP contribution in [0.4, 0.5) is 18.9 Å². The molecule has 0 aromatic heterocycles. The molecule has 2 aromatic rings. The molecule has 10 heteroatoms. The summed E-state index contributed by atoms with van der Waals surface area (Å²) in [4.78, 5) is 38.9. The summed E-state index contributed by atoms with van der Waals surface area (Å²) in [6.45, 7) is 0.720. The molecule has 0 spiro atoms. The Kier molecular flexibility index (Phi) is 5.49. The molecule has 2 aromatic carbocycles. The zero-order valence-electron chi connectivity index (χ0n) is 16.0. The predicted octanol–water partition coefficient (Wildman–Crippen LogP) is 4.39. The topological polar surface area (TPSA) is 75.7 Å². The van der Waals surface area contributed by atoms with E-state index < -0.39 is 34.5 Å². The highest BCUT2D eigenvalue weighted by Crippen LogP contribution is 2.36. The molecule has 6 nitrogen and oxygen atoms in total. The summed E-state index contributed by atoms with van der Waals surface area (Å²) in [5, 5.41) is 1.87. The number of anilines is 1. The van der Waals surface area contributed by atoms with Crippen LogP contribution in [-0.4, -0.2) is 41.9 Å². The number of halogens is 4. The van der Waals surface area contributed by atoms with Crippen LogP contribution >= 0.6 is 11.6 Å². The van der Waals surface area contributed by atoms with Gasteiger partial charge in [-0.05, 0) is 49.2 Å². The Morgan fingerprint density at radius 2 is 1.87 bits per heavy atom. The molecule has 1 atom stereocenters. The number of fused-ring (bicyclic) bond motifs is 1. The molecule has 1 N–H and O–H groups in total. The van der Waals surface area contributed by atoms with Crippen LogP contribution in [0, 0.1) is 0 Å². The van der Waals surface area contributed by atoms with Gasteiger partial charge in [-0.3, -0.25) is 19.3 Å². The Hall–Kier alpha value is -2.91. The fourth-order valence-corrected chi connectivity index (χ4v) is 3.84. The van der Waals surface area contributed by atoms with Gasteiger partial charge in [0, 0.05) is 17.9 Å². The summed E-state index contributed by atoms with van der Waals surface area (Å²) in [5.41, 5.74) is -0.911. The van der Waals surface area contributed by atoms with Gasteiger partial charge in [-0.25, -0.2) is 0 Å². The van der Waals surface area contributed by atoms with Gasteiger partial charge < -0.3 is 10.1 Å². The summed E-state index contributed by atoms with van der Waals surface area (Å²) < 4.78 is 44.5. The van der Waals surface area contributed by atoms with Crippen LogP contribution in [-0.2, 0) is 10.9 Å². The molecule has 3 amide bonds. The van der Waals surface area contributed by atoms with E-state index in [1.807, 2.05) is 0 Å². The first-order chi connectivity index (χ1) is 14.6. The Labute approximate surface area is 179 Å². The van der Waals surface area contributed by atoms with E-state index in [9.17, 15) is 27.6 Å². The van der Waals surface area contributed by atoms with E-state index in [1.54, 1.807) is 0 Å². The van der Waals surface area contributed by atoms with Gasteiger partial charge in [-0.2, -0.15) is 13.2 Å². The standard InChI is InChI=1S/C21H16ClF3N2O4/c22-17-6-4-12(9-16(17)21(23,24)25)26-18(28)11-3-5-14-15(8-11)20(30)27(19(14)29)10-13-2-1-7-31-13/h3-6,8-9,13H,1-2,7,10H2,(H,26,28). The molecule has 0 radical (unpaired) electrons. The van der Waals surface area contributed by atoms with E-state index in [-0.39, 0.29) is 35.0 Å². The van der Waals surface area contributed by atoms with Gasteiger partial charge in [0.25, 0.3) is 17.7 Å². The van der Waals surface area contributed by atoms with Gasteiger partial charge in [0.2, 0.25) is 0 Å². The lowest BCUT2D eigenvalue weighted by Crippen LogP contribution is -2.36. The zero-order chi connectivity index (χ0) is 22.3. The van der Waals surface area contributed by atoms with Gasteiger partial charge in [0.05, 0.1) is 34.4 Å². The number of alkyl halides is 3. The highest BCUT2D eigenvalue weighted by molar-refractivity contribution is 6.31. The molecule has 162 valence electrons. The highest BCUT2D eigenvalue weighted by Gasteiger charge is 2.38. The normalized spacial score (nSPS) is 18.5. The number of benzene rings is 2. The van der Waals surface area contributed by atoms with E-state index in [2.05, 4.69) is 5.32 Å². The monoisotopic (exact) mass is 452 g/mol. The smallest absolute Gasteiger partial charge is 0.376 e. The lowest BCUT2D eigenvalue weighted by molar-refractivity contribution is -0.137. The first kappa shape index (κ1) is 21.3. The largest absolute Gasteiger partial charge is 0.417 e. The van der Waals surface area contributed by atoms with Crippen molar-refractivity contribution < 1.29 is 32.3 Å². The zero-order valence-corrected chi connectivity index (χ0v) is 16.7. The Morgan fingerprint density at radius 1 is 1.13 bits per heavy atom. The Balaban J connectivity index is 1.54. The number of nitrogens with zero attached hydrogens (tertiary/aromatic N) is 1. The van der Waals surface area contributed by atoms with Crippen molar-refractivity contribution in [1.82, 2.24) is 4.90 Å². The molecule has 4 rings (SSSR count). The lowest BCUT2D eigenvalue weighted by Gasteiger charge is -2.17. The second-order valence-electron chi connectivity index (χ2n) is 7.26. The van der Waals surface area contributed by atoms with E-state index >= 15 is 0 Å². The lowest BCUT2D eigenvalue weighted by atomic mass is 10.1. The molecule has 1 fully saturated rings. The van der Waals surface area contributed by atoms with Crippen molar-refractivity contribution in [2.75, 3.05) is 18.5 Å². The van der Waals surface area contributed by atoms with Crippen LogP contribution in [0.5, 0.6) is 0 Å². The SMILES string of the molecule is O=C(Nc1ccc(Cl)c(C(F)(F)F)c1)c1ccc2c(c1)C(=O)N(CC1CCCO1)C2=O. The fraction of sp³-hybridized carbons (Fsp3) is 0.286. The first-order valence-electron chi connectivity index (χ1n) is 9.45. The third-order valence-electron chi connectivity index (χ3n) is 5.17. The second kappa shape index (κ2) is 7.97. The van der Waals surface area contributed by atoms with Crippen molar-refractivity contribution in [3.63, 3.8) is 0 Å². The maximum Gasteiger partial charge on any atom is 0.417 e. The van der Waals surface area contributed by atoms with E-state index in [0.717, 1.165) is 29.9 Å². The van der Waals surface area contributed by atoms with E-state index in [1.165, 1.54) is 24.3 Å². The molecule has 2 aliphatic heterocycles. The molecule has 1 unspecified atom stereocenters. The number of hydrogen-bond donors (Lipinski definition) is 1. The molecule has 2 aliphatic rings. The van der Waals surface area contributed by atoms with Crippen LogP contribution in [0.3, 0.4) is 0 Å². The minimum atomic E-state index is -4.68. The number of imide groups is 1. The third kappa shape index (κ3) is 4.15. The minimum Gasteiger partial charge on any atom is -0.376 e. The predicted molar refractivity (Wildman–Crippen MR) is 105 cm³/mol. The van der Waals surface area contributed by atoms with Gasteiger partial charge in [-0.1, -0.05) is 11.6 Å². The average molecular weight is 453 g/mol. The van der Waals surface area contributed by atoms with Gasteiger partial charge in [-0.15, -0.1) is 0 Å². The maximum atomic E-state index is 13.0. The molecule has 0 saturated carbocycles. The van der Waals surface area contributed by atoms with Gasteiger partial charge in [0.15, 0.2) is 0 Å². The van der Waals surface area contributed by atoms with Gasteiger partial charge in [0.1, 0.15) is 0 Å². The Morgan fingerprint density at radius 3 is 2.55 bits per heavy atom. The first-order valence-corrected chi connectivity index (χ1v) is 9.83. The van der Waals surface area contributed by atoms with Crippen molar-refractivity contribution in [3.8, 4) is 0 Å². The molecule has 2 heterocycles. The van der Waals surface area contributed by atoms with Crippen LogP contribution in [0.1, 0.15) is 49.5 Å². The molecular weight excluding hydrogens is 437 g/mol. The molecule has 0 aliphatic carbocycles. The number of carbonyl (C=O) groups excluding carboxylic acids is 3. The van der Waals surface area contributed by atoms with Crippen molar-refractivity contribution in [1.29, 1.82) is 0 Å². The van der Waals surface area contributed by atoms with Crippen LogP contribution < -0.4 is 5.32 Å². The fourth-order valence-electron chi connectivity index (χ4n) is 3.61. The summed E-state index contributed by atoms with van der Waals surface area (Å²) >= 11 is 5.59. The number of carbonyl (C=O) groups is 3. The number of nitrogens with one attached hydrogen (secondary N) is 1. The number of rotatable bonds is 4. The van der Waals surface area contributed by atoms with Crippen molar-refractivity contribution >= 4 is 35.0 Å². The van der Waals surface area contributed by atoms with Crippen molar-refractivity contribution in [3.05, 3.63) is 63.7 Å². The van der Waals surface area contributed by atoms with Crippen LogP contribution in [0.25, 0.3) is 0 Å². The van der Waals surface area contributed by atoms with Crippen molar-refractivity contribution in [2.24, 2.45) is 0 Å². The minimum absolute atomic E-state index is 0.0300.